The van der Waals surface area contributed by atoms with Gasteiger partial charge in [-0.1, -0.05) is 44.2 Å². The monoisotopic (exact) mass is 500 g/mol. The molecule has 0 aliphatic heterocycles. The van der Waals surface area contributed by atoms with E-state index in [2.05, 4.69) is 51.8 Å². The average Bonchev–Trinajstić information content (AvgIpc) is 2.98. The Morgan fingerprint density at radius 1 is 1.14 bits per heavy atom. The molecule has 0 saturated carbocycles. The first kappa shape index (κ1) is 24.4. The van der Waals surface area contributed by atoms with Gasteiger partial charge in [0, 0.05) is 20.2 Å². The van der Waals surface area contributed by atoms with Crippen molar-refractivity contribution in [1.29, 1.82) is 0 Å². The molecule has 0 aliphatic carbocycles. The van der Waals surface area contributed by atoms with E-state index >= 15 is 0 Å². The van der Waals surface area contributed by atoms with Gasteiger partial charge in [0.15, 0.2) is 11.8 Å². The standard InChI is InChI=1S/C20H32N6O.HI/c1-16(2)10-12-27-13-11-21-20(22-14-18-8-6-5-7-9-18)23-15-19-25-24-17(3)26(19)4;/h5-9,16H,10-15H2,1-4H3,(H2,21,22,23);1H. The lowest BCUT2D eigenvalue weighted by Gasteiger charge is -2.13. The van der Waals surface area contributed by atoms with E-state index < -0.39 is 0 Å². The van der Waals surface area contributed by atoms with Crippen LogP contribution in [0, 0.1) is 12.8 Å². The molecule has 28 heavy (non-hydrogen) atoms. The maximum Gasteiger partial charge on any atom is 0.192 e. The molecule has 7 nitrogen and oxygen atoms in total. The number of halogens is 1. The summed E-state index contributed by atoms with van der Waals surface area (Å²) in [6.45, 7) is 9.67. The quantitative estimate of drug-likeness (QED) is 0.227. The van der Waals surface area contributed by atoms with Crippen LogP contribution in [0.1, 0.15) is 37.5 Å². The molecule has 0 unspecified atom stereocenters. The molecule has 156 valence electrons. The van der Waals surface area contributed by atoms with Crippen LogP contribution in [0.3, 0.4) is 0 Å². The number of guanidine groups is 1. The van der Waals surface area contributed by atoms with Gasteiger partial charge in [-0.3, -0.25) is 0 Å². The lowest BCUT2D eigenvalue weighted by Crippen LogP contribution is -2.39. The number of aryl methyl sites for hydroxylation is 1. The van der Waals surface area contributed by atoms with Crippen molar-refractivity contribution in [3.63, 3.8) is 0 Å². The second kappa shape index (κ2) is 13.5. The van der Waals surface area contributed by atoms with E-state index in [1.807, 2.05) is 36.7 Å². The van der Waals surface area contributed by atoms with E-state index in [0.717, 1.165) is 30.6 Å². The maximum absolute atomic E-state index is 5.67. The normalized spacial score (nSPS) is 11.4. The Morgan fingerprint density at radius 2 is 1.89 bits per heavy atom. The predicted octanol–water partition coefficient (Wildman–Crippen LogP) is 3.04. The zero-order valence-corrected chi connectivity index (χ0v) is 19.6. The van der Waals surface area contributed by atoms with E-state index in [4.69, 9.17) is 4.74 Å². The van der Waals surface area contributed by atoms with Crippen LogP contribution in [0.5, 0.6) is 0 Å². The number of aromatic nitrogens is 3. The molecule has 0 saturated heterocycles. The molecule has 8 heteroatoms. The van der Waals surface area contributed by atoms with Gasteiger partial charge in [0.1, 0.15) is 5.82 Å². The highest BCUT2D eigenvalue weighted by molar-refractivity contribution is 14.0. The number of benzene rings is 1. The number of nitrogens with zero attached hydrogens (tertiary/aromatic N) is 4. The van der Waals surface area contributed by atoms with Gasteiger partial charge in [-0.2, -0.15) is 0 Å². The molecular formula is C20H33IN6O. The summed E-state index contributed by atoms with van der Waals surface area (Å²) in [4.78, 5) is 4.67. The molecule has 2 rings (SSSR count). The van der Waals surface area contributed by atoms with Crippen LogP contribution in [-0.4, -0.2) is 40.5 Å². The van der Waals surface area contributed by atoms with Crippen LogP contribution in [0.2, 0.25) is 0 Å². The first-order valence-electron chi connectivity index (χ1n) is 9.55. The number of hydrogen-bond acceptors (Lipinski definition) is 4. The summed E-state index contributed by atoms with van der Waals surface area (Å²) in [5, 5.41) is 14.9. The largest absolute Gasteiger partial charge is 0.380 e. The van der Waals surface area contributed by atoms with Crippen molar-refractivity contribution in [3.05, 3.63) is 47.5 Å². The molecule has 1 aromatic heterocycles. The van der Waals surface area contributed by atoms with Gasteiger partial charge in [0.05, 0.1) is 19.7 Å². The molecule has 2 N–H and O–H groups in total. The lowest BCUT2D eigenvalue weighted by atomic mass is 10.1. The Hall–Kier alpha value is -1.68. The molecule has 0 amide bonds. The van der Waals surface area contributed by atoms with Crippen molar-refractivity contribution in [3.8, 4) is 0 Å². The van der Waals surface area contributed by atoms with Crippen molar-refractivity contribution in [2.45, 2.75) is 40.3 Å². The summed E-state index contributed by atoms with van der Waals surface area (Å²) in [6, 6.07) is 10.2. The molecule has 0 bridgehead atoms. The van der Waals surface area contributed by atoms with Gasteiger partial charge in [-0.15, -0.1) is 34.2 Å². The zero-order valence-electron chi connectivity index (χ0n) is 17.3. The minimum Gasteiger partial charge on any atom is -0.380 e. The van der Waals surface area contributed by atoms with Gasteiger partial charge in [-0.25, -0.2) is 4.99 Å². The second-order valence-electron chi connectivity index (χ2n) is 6.95. The third-order valence-corrected chi connectivity index (χ3v) is 4.24. The van der Waals surface area contributed by atoms with E-state index in [1.54, 1.807) is 0 Å². The summed E-state index contributed by atoms with van der Waals surface area (Å²) >= 11 is 0. The first-order chi connectivity index (χ1) is 13.1. The topological polar surface area (TPSA) is 76.4 Å². The molecule has 1 aromatic carbocycles. The van der Waals surface area contributed by atoms with E-state index in [-0.39, 0.29) is 24.0 Å². The van der Waals surface area contributed by atoms with Crippen LogP contribution in [-0.2, 0) is 24.9 Å². The molecule has 0 radical (unpaired) electrons. The van der Waals surface area contributed by atoms with Gasteiger partial charge >= 0.3 is 0 Å². The Morgan fingerprint density at radius 3 is 2.54 bits per heavy atom. The summed E-state index contributed by atoms with van der Waals surface area (Å²) in [5.74, 6) is 3.17. The lowest BCUT2D eigenvalue weighted by molar-refractivity contribution is 0.128. The highest BCUT2D eigenvalue weighted by atomic mass is 127. The Kier molecular flexibility index (Phi) is 11.7. The van der Waals surface area contributed by atoms with Crippen LogP contribution in [0.15, 0.2) is 35.3 Å². The van der Waals surface area contributed by atoms with Crippen molar-refractivity contribution >= 4 is 29.9 Å². The fourth-order valence-corrected chi connectivity index (χ4v) is 2.36. The van der Waals surface area contributed by atoms with Crippen molar-refractivity contribution in [2.24, 2.45) is 18.0 Å². The van der Waals surface area contributed by atoms with Crippen LogP contribution < -0.4 is 10.6 Å². The fourth-order valence-electron chi connectivity index (χ4n) is 2.36. The zero-order chi connectivity index (χ0) is 19.5. The molecule has 0 aliphatic rings. The van der Waals surface area contributed by atoms with E-state index in [1.165, 1.54) is 5.56 Å². The summed E-state index contributed by atoms with van der Waals surface area (Å²) in [5.41, 5.74) is 1.17. The average molecular weight is 500 g/mol. The summed E-state index contributed by atoms with van der Waals surface area (Å²) < 4.78 is 7.64. The number of ether oxygens (including phenoxy) is 1. The van der Waals surface area contributed by atoms with Crippen LogP contribution in [0.4, 0.5) is 0 Å². The fraction of sp³-hybridized carbons (Fsp3) is 0.550. The van der Waals surface area contributed by atoms with Crippen molar-refractivity contribution in [2.75, 3.05) is 19.8 Å². The predicted molar refractivity (Wildman–Crippen MR) is 124 cm³/mol. The third kappa shape index (κ3) is 9.01. The molecule has 0 fully saturated rings. The van der Waals surface area contributed by atoms with Gasteiger partial charge < -0.3 is 19.9 Å². The smallest absolute Gasteiger partial charge is 0.192 e. The molecule has 1 heterocycles. The number of nitrogens with one attached hydrogen (secondary N) is 2. The van der Waals surface area contributed by atoms with Gasteiger partial charge in [-0.05, 0) is 24.8 Å². The minimum absolute atomic E-state index is 0. The maximum atomic E-state index is 5.67. The number of aliphatic imine (C=N–C) groups is 1. The van der Waals surface area contributed by atoms with Gasteiger partial charge in [0.25, 0.3) is 0 Å². The summed E-state index contributed by atoms with van der Waals surface area (Å²) in [6.07, 6.45) is 1.08. The Balaban J connectivity index is 0.00000392. The SMILES string of the molecule is Cc1nnc(CNC(=NCc2ccccc2)NCCOCCC(C)C)n1C.I. The Labute approximate surface area is 185 Å². The van der Waals surface area contributed by atoms with Crippen LogP contribution in [0.25, 0.3) is 0 Å². The summed E-state index contributed by atoms with van der Waals surface area (Å²) in [7, 11) is 1.96. The first-order valence-corrected chi connectivity index (χ1v) is 9.55. The van der Waals surface area contributed by atoms with Crippen molar-refractivity contribution in [1.82, 2.24) is 25.4 Å². The minimum atomic E-state index is 0. The van der Waals surface area contributed by atoms with E-state index in [9.17, 15) is 0 Å². The number of rotatable bonds is 10. The Bertz CT molecular complexity index is 702. The third-order valence-electron chi connectivity index (χ3n) is 4.24. The van der Waals surface area contributed by atoms with Gasteiger partial charge in [0.2, 0.25) is 0 Å². The van der Waals surface area contributed by atoms with Crippen LogP contribution >= 0.6 is 24.0 Å². The van der Waals surface area contributed by atoms with E-state index in [0.29, 0.717) is 32.2 Å². The molecule has 2 aromatic rings. The highest BCUT2D eigenvalue weighted by Crippen LogP contribution is 2.01. The second-order valence-corrected chi connectivity index (χ2v) is 6.95. The number of hydrogen-bond donors (Lipinski definition) is 2. The van der Waals surface area contributed by atoms with Crippen molar-refractivity contribution < 1.29 is 4.74 Å². The molecule has 0 spiro atoms. The molecular weight excluding hydrogens is 467 g/mol. The molecule has 0 atom stereocenters. The highest BCUT2D eigenvalue weighted by Gasteiger charge is 2.06.